The minimum atomic E-state index is -0.304. The number of aromatic nitrogens is 1. The van der Waals surface area contributed by atoms with Crippen molar-refractivity contribution in [2.75, 3.05) is 6.61 Å². The Kier molecular flexibility index (Phi) is 5.56. The minimum absolute atomic E-state index is 0.215. The molecule has 0 aliphatic rings. The van der Waals surface area contributed by atoms with Crippen LogP contribution in [0.15, 0.2) is 12.1 Å². The smallest absolute Gasteiger partial charge is 0.273 e. The van der Waals surface area contributed by atoms with Crippen molar-refractivity contribution in [3.05, 3.63) is 28.5 Å². The topological polar surface area (TPSA) is 51.2 Å². The fourth-order valence-corrected chi connectivity index (χ4v) is 1.49. The number of carbonyl (C=O) groups is 1. The average Bonchev–Trinajstić information content (AvgIpc) is 2.27. The Morgan fingerprint density at radius 2 is 2.06 bits per heavy atom. The number of hydrogen-bond donors (Lipinski definition) is 1. The number of hydroxylamine groups is 1. The molecule has 100 valence electrons. The van der Waals surface area contributed by atoms with Crippen molar-refractivity contribution >= 4 is 17.5 Å². The third kappa shape index (κ3) is 4.63. The Morgan fingerprint density at radius 1 is 1.39 bits per heavy atom. The molecule has 1 rings (SSSR count). The second kappa shape index (κ2) is 6.71. The lowest BCUT2D eigenvalue weighted by atomic mass is 10.1. The highest BCUT2D eigenvalue weighted by Crippen LogP contribution is 2.17. The molecule has 0 atom stereocenters. The van der Waals surface area contributed by atoms with Crippen LogP contribution >= 0.6 is 11.6 Å². The molecule has 0 radical (unpaired) electrons. The molecule has 0 bridgehead atoms. The summed E-state index contributed by atoms with van der Waals surface area (Å²) in [6, 6.07) is 3.26. The monoisotopic (exact) mass is 270 g/mol. The van der Waals surface area contributed by atoms with E-state index >= 15 is 0 Å². The lowest BCUT2D eigenvalue weighted by Crippen LogP contribution is -2.25. The Bertz CT molecular complexity index is 419. The van der Waals surface area contributed by atoms with Gasteiger partial charge in [-0.15, -0.1) is 0 Å². The predicted octanol–water partition coefficient (Wildman–Crippen LogP) is 3.18. The van der Waals surface area contributed by atoms with E-state index in [0.29, 0.717) is 23.2 Å². The molecule has 1 aromatic heterocycles. The molecule has 1 heterocycles. The summed E-state index contributed by atoms with van der Waals surface area (Å²) in [5, 5.41) is 0.315. The van der Waals surface area contributed by atoms with Crippen molar-refractivity contribution in [3.63, 3.8) is 0 Å². The molecule has 0 aliphatic carbocycles. The summed E-state index contributed by atoms with van der Waals surface area (Å²) in [5.41, 5.74) is 3.65. The fraction of sp³-hybridized carbons (Fsp3) is 0.538. The summed E-state index contributed by atoms with van der Waals surface area (Å²) >= 11 is 5.89. The van der Waals surface area contributed by atoms with Gasteiger partial charge in [-0.2, -0.15) is 0 Å². The van der Waals surface area contributed by atoms with Gasteiger partial charge in [-0.05, 0) is 24.0 Å². The van der Waals surface area contributed by atoms with Gasteiger partial charge in [0, 0.05) is 11.3 Å². The van der Waals surface area contributed by atoms with Gasteiger partial charge < -0.3 is 0 Å². The van der Waals surface area contributed by atoms with Gasteiger partial charge in [0.2, 0.25) is 0 Å². The maximum Gasteiger partial charge on any atom is 0.275 e. The average molecular weight is 271 g/mol. The van der Waals surface area contributed by atoms with Gasteiger partial charge in [0.25, 0.3) is 5.91 Å². The van der Waals surface area contributed by atoms with Crippen LogP contribution in [0, 0.1) is 5.92 Å². The second-order valence-electron chi connectivity index (χ2n) is 4.89. The van der Waals surface area contributed by atoms with Crippen LogP contribution in [0.5, 0.6) is 0 Å². The molecule has 1 amide bonds. The number of nitrogens with one attached hydrogen (secondary N) is 1. The second-order valence-corrected chi connectivity index (χ2v) is 5.28. The van der Waals surface area contributed by atoms with Crippen molar-refractivity contribution in [2.24, 2.45) is 5.92 Å². The van der Waals surface area contributed by atoms with Crippen LogP contribution in [0.2, 0.25) is 5.15 Å². The maximum atomic E-state index is 11.8. The van der Waals surface area contributed by atoms with Crippen molar-refractivity contribution in [1.82, 2.24) is 10.5 Å². The van der Waals surface area contributed by atoms with E-state index in [-0.39, 0.29) is 11.8 Å². The van der Waals surface area contributed by atoms with E-state index in [2.05, 4.69) is 10.5 Å². The number of hydrogen-bond acceptors (Lipinski definition) is 3. The van der Waals surface area contributed by atoms with E-state index in [0.717, 1.165) is 5.69 Å². The van der Waals surface area contributed by atoms with Crippen LogP contribution in [0.25, 0.3) is 0 Å². The first-order chi connectivity index (χ1) is 8.40. The van der Waals surface area contributed by atoms with E-state index < -0.39 is 0 Å². The van der Waals surface area contributed by atoms with E-state index in [1.165, 1.54) is 6.07 Å². The summed E-state index contributed by atoms with van der Waals surface area (Å²) in [6.45, 7) is 8.48. The number of amides is 1. The highest BCUT2D eigenvalue weighted by Gasteiger charge is 2.11. The van der Waals surface area contributed by atoms with Crippen LogP contribution < -0.4 is 5.48 Å². The first kappa shape index (κ1) is 14.9. The lowest BCUT2D eigenvalue weighted by molar-refractivity contribution is 0.0208. The molecule has 0 aliphatic heterocycles. The standard InChI is InChI=1S/C13H19ClN2O2/c1-8(2)7-18-16-13(17)10-5-11(9(3)4)15-12(14)6-10/h5-6,8-9H,7H2,1-4H3,(H,16,17). The quantitative estimate of drug-likeness (QED) is 0.660. The Labute approximate surface area is 113 Å². The molecular weight excluding hydrogens is 252 g/mol. The molecule has 0 fully saturated rings. The van der Waals surface area contributed by atoms with Crippen LogP contribution in [-0.2, 0) is 4.84 Å². The highest BCUT2D eigenvalue weighted by atomic mass is 35.5. The summed E-state index contributed by atoms with van der Waals surface area (Å²) in [6.07, 6.45) is 0. The summed E-state index contributed by atoms with van der Waals surface area (Å²) in [5.74, 6) is 0.270. The molecule has 0 spiro atoms. The molecule has 4 nitrogen and oxygen atoms in total. The number of nitrogens with zero attached hydrogens (tertiary/aromatic N) is 1. The zero-order valence-corrected chi connectivity index (χ0v) is 11.9. The molecule has 1 aromatic rings. The van der Waals surface area contributed by atoms with Crippen LogP contribution in [0.1, 0.15) is 49.7 Å². The molecule has 18 heavy (non-hydrogen) atoms. The third-order valence-electron chi connectivity index (χ3n) is 2.25. The Balaban J connectivity index is 2.73. The van der Waals surface area contributed by atoms with E-state index in [4.69, 9.17) is 16.4 Å². The Morgan fingerprint density at radius 3 is 2.61 bits per heavy atom. The number of pyridine rings is 1. The summed E-state index contributed by atoms with van der Waals surface area (Å²) < 4.78 is 0. The number of rotatable bonds is 5. The summed E-state index contributed by atoms with van der Waals surface area (Å²) in [4.78, 5) is 21.1. The first-order valence-electron chi connectivity index (χ1n) is 5.99. The predicted molar refractivity (Wildman–Crippen MR) is 71.6 cm³/mol. The normalized spacial score (nSPS) is 11.1. The number of carbonyl (C=O) groups excluding carboxylic acids is 1. The van der Waals surface area contributed by atoms with E-state index in [1.807, 2.05) is 27.7 Å². The molecular formula is C13H19ClN2O2. The SMILES string of the molecule is CC(C)CONC(=O)c1cc(Cl)nc(C(C)C)c1. The van der Waals surface area contributed by atoms with Crippen molar-refractivity contribution in [1.29, 1.82) is 0 Å². The zero-order chi connectivity index (χ0) is 13.7. The lowest BCUT2D eigenvalue weighted by Gasteiger charge is -2.10. The molecule has 0 aromatic carbocycles. The maximum absolute atomic E-state index is 11.8. The van der Waals surface area contributed by atoms with Crippen LogP contribution in [0.4, 0.5) is 0 Å². The highest BCUT2D eigenvalue weighted by molar-refractivity contribution is 6.29. The van der Waals surface area contributed by atoms with Crippen molar-refractivity contribution < 1.29 is 9.63 Å². The minimum Gasteiger partial charge on any atom is -0.273 e. The number of halogens is 1. The fourth-order valence-electron chi connectivity index (χ4n) is 1.28. The summed E-state index contributed by atoms with van der Waals surface area (Å²) in [7, 11) is 0. The first-order valence-corrected chi connectivity index (χ1v) is 6.37. The van der Waals surface area contributed by atoms with Gasteiger partial charge in [-0.3, -0.25) is 9.63 Å². The molecule has 0 saturated carbocycles. The molecule has 0 saturated heterocycles. The molecule has 5 heteroatoms. The van der Waals surface area contributed by atoms with Crippen LogP contribution in [0.3, 0.4) is 0 Å². The van der Waals surface area contributed by atoms with Crippen LogP contribution in [-0.4, -0.2) is 17.5 Å². The zero-order valence-electron chi connectivity index (χ0n) is 11.2. The van der Waals surface area contributed by atoms with E-state index in [1.54, 1.807) is 6.07 Å². The third-order valence-corrected chi connectivity index (χ3v) is 2.44. The van der Waals surface area contributed by atoms with Gasteiger partial charge >= 0.3 is 0 Å². The van der Waals surface area contributed by atoms with E-state index in [9.17, 15) is 4.79 Å². The van der Waals surface area contributed by atoms with Crippen molar-refractivity contribution in [2.45, 2.75) is 33.6 Å². The Hall–Kier alpha value is -1.13. The van der Waals surface area contributed by atoms with Gasteiger partial charge in [0.1, 0.15) is 5.15 Å². The molecule has 0 unspecified atom stereocenters. The largest absolute Gasteiger partial charge is 0.275 e. The van der Waals surface area contributed by atoms with Crippen molar-refractivity contribution in [3.8, 4) is 0 Å². The van der Waals surface area contributed by atoms with Gasteiger partial charge in [-0.25, -0.2) is 10.5 Å². The molecule has 1 N–H and O–H groups in total. The van der Waals surface area contributed by atoms with Gasteiger partial charge in [0.05, 0.1) is 6.61 Å². The van der Waals surface area contributed by atoms with Gasteiger partial charge in [-0.1, -0.05) is 39.3 Å². The van der Waals surface area contributed by atoms with Gasteiger partial charge in [0.15, 0.2) is 0 Å².